The van der Waals surface area contributed by atoms with Gasteiger partial charge in [-0.05, 0) is 18.6 Å². The zero-order valence-corrected chi connectivity index (χ0v) is 9.34. The van der Waals surface area contributed by atoms with Crippen LogP contribution >= 0.6 is 12.4 Å². The van der Waals surface area contributed by atoms with E-state index in [1.165, 1.54) is 5.56 Å². The van der Waals surface area contributed by atoms with E-state index in [1.54, 1.807) is 0 Å². The van der Waals surface area contributed by atoms with Gasteiger partial charge in [0.15, 0.2) is 0 Å². The number of carbonyl (C=O) groups is 1. The van der Waals surface area contributed by atoms with Crippen LogP contribution in [0.15, 0.2) is 24.3 Å². The monoisotopic (exact) mass is 227 g/mol. The van der Waals surface area contributed by atoms with Crippen LogP contribution in [0.5, 0.6) is 0 Å². The maximum atomic E-state index is 11.4. The second-order valence-corrected chi connectivity index (χ2v) is 3.31. The second kappa shape index (κ2) is 5.03. The van der Waals surface area contributed by atoms with E-state index in [-0.39, 0.29) is 24.4 Å². The number of hydrogen-bond donors (Lipinski definition) is 1. The van der Waals surface area contributed by atoms with Crippen molar-refractivity contribution in [2.45, 2.75) is 19.4 Å². The fraction of sp³-hybridized carbons (Fsp3) is 0.364. The molecule has 0 aliphatic carbocycles. The minimum atomic E-state index is -0.202. The minimum Gasteiger partial charge on any atom is -0.464 e. The number of para-hydroxylation sites is 1. The lowest BCUT2D eigenvalue weighted by Gasteiger charge is -2.09. The van der Waals surface area contributed by atoms with E-state index in [4.69, 9.17) is 4.74 Å². The minimum absolute atomic E-state index is 0. The number of ether oxygens (including phenoxy) is 1. The van der Waals surface area contributed by atoms with Crippen LogP contribution in [-0.2, 0) is 16.0 Å². The summed E-state index contributed by atoms with van der Waals surface area (Å²) in [6, 6.07) is 7.75. The van der Waals surface area contributed by atoms with Crippen LogP contribution in [-0.4, -0.2) is 18.6 Å². The highest BCUT2D eigenvalue weighted by Crippen LogP contribution is 2.25. The van der Waals surface area contributed by atoms with Crippen molar-refractivity contribution in [2.24, 2.45) is 0 Å². The van der Waals surface area contributed by atoms with Gasteiger partial charge in [0.05, 0.1) is 6.61 Å². The molecule has 1 N–H and O–H groups in total. The first kappa shape index (κ1) is 11.9. The first-order valence-electron chi connectivity index (χ1n) is 4.82. The molecule has 4 heteroatoms. The third-order valence-corrected chi connectivity index (χ3v) is 2.34. The summed E-state index contributed by atoms with van der Waals surface area (Å²) in [5.74, 6) is -0.163. The Morgan fingerprint density at radius 3 is 2.93 bits per heavy atom. The molecule has 1 aromatic rings. The van der Waals surface area contributed by atoms with Crippen LogP contribution in [0.2, 0.25) is 0 Å². The summed E-state index contributed by atoms with van der Waals surface area (Å²) in [6.07, 6.45) is 0.731. The van der Waals surface area contributed by atoms with E-state index in [1.807, 2.05) is 31.2 Å². The van der Waals surface area contributed by atoms with Gasteiger partial charge in [0.2, 0.25) is 0 Å². The lowest BCUT2D eigenvalue weighted by atomic mass is 10.1. The van der Waals surface area contributed by atoms with Gasteiger partial charge in [0.1, 0.15) is 6.04 Å². The molecule has 1 aliphatic heterocycles. The second-order valence-electron chi connectivity index (χ2n) is 3.31. The molecule has 0 aromatic heterocycles. The summed E-state index contributed by atoms with van der Waals surface area (Å²) in [6.45, 7) is 2.26. The van der Waals surface area contributed by atoms with E-state index in [2.05, 4.69) is 5.32 Å². The molecule has 0 saturated carbocycles. The Morgan fingerprint density at radius 2 is 2.27 bits per heavy atom. The fourth-order valence-corrected chi connectivity index (χ4v) is 1.68. The first-order chi connectivity index (χ1) is 6.81. The number of anilines is 1. The molecule has 1 aliphatic rings. The summed E-state index contributed by atoms with van der Waals surface area (Å²) >= 11 is 0. The molecule has 0 radical (unpaired) electrons. The lowest BCUT2D eigenvalue weighted by molar-refractivity contribution is -0.143. The van der Waals surface area contributed by atoms with E-state index >= 15 is 0 Å². The Hall–Kier alpha value is -1.22. The first-order valence-corrected chi connectivity index (χ1v) is 4.82. The molecule has 2 rings (SSSR count). The molecule has 82 valence electrons. The summed E-state index contributed by atoms with van der Waals surface area (Å²) < 4.78 is 4.96. The Bertz CT molecular complexity index is 329. The molecule has 3 nitrogen and oxygen atoms in total. The van der Waals surface area contributed by atoms with Gasteiger partial charge in [-0.25, -0.2) is 4.79 Å². The van der Waals surface area contributed by atoms with Crippen molar-refractivity contribution >= 4 is 24.1 Å². The number of fused-ring (bicyclic) bond motifs is 1. The van der Waals surface area contributed by atoms with Crippen molar-refractivity contribution < 1.29 is 9.53 Å². The van der Waals surface area contributed by atoms with Crippen molar-refractivity contribution in [3.05, 3.63) is 29.8 Å². The van der Waals surface area contributed by atoms with Gasteiger partial charge in [0, 0.05) is 12.1 Å². The zero-order chi connectivity index (χ0) is 9.97. The van der Waals surface area contributed by atoms with Gasteiger partial charge in [-0.1, -0.05) is 18.2 Å². The van der Waals surface area contributed by atoms with Crippen molar-refractivity contribution in [1.82, 2.24) is 0 Å². The number of carbonyl (C=O) groups excluding carboxylic acids is 1. The summed E-state index contributed by atoms with van der Waals surface area (Å²) in [7, 11) is 0. The molecule has 0 saturated heterocycles. The van der Waals surface area contributed by atoms with E-state index in [0.29, 0.717) is 6.61 Å². The predicted octanol–water partition coefficient (Wildman–Crippen LogP) is 2.01. The number of halogens is 1. The van der Waals surface area contributed by atoms with Gasteiger partial charge in [0.25, 0.3) is 0 Å². The third-order valence-electron chi connectivity index (χ3n) is 2.34. The maximum Gasteiger partial charge on any atom is 0.328 e. The normalized spacial score (nSPS) is 17.3. The highest BCUT2D eigenvalue weighted by atomic mass is 35.5. The highest BCUT2D eigenvalue weighted by Gasteiger charge is 2.26. The Balaban J connectivity index is 0.00000112. The van der Waals surface area contributed by atoms with Crippen LogP contribution in [0.1, 0.15) is 12.5 Å². The van der Waals surface area contributed by atoms with Gasteiger partial charge in [-0.2, -0.15) is 0 Å². The predicted molar refractivity (Wildman–Crippen MR) is 61.4 cm³/mol. The Labute approximate surface area is 95.2 Å². The zero-order valence-electron chi connectivity index (χ0n) is 8.53. The highest BCUT2D eigenvalue weighted by molar-refractivity contribution is 5.85. The molecule has 0 bridgehead atoms. The lowest BCUT2D eigenvalue weighted by Crippen LogP contribution is -2.28. The standard InChI is InChI=1S/C11H13NO2.ClH/c1-2-14-11(13)10-7-8-5-3-4-6-9(8)12-10;/h3-6,10,12H,2,7H2,1H3;1H/t10-;/m1./s1. The van der Waals surface area contributed by atoms with Gasteiger partial charge >= 0.3 is 5.97 Å². The van der Waals surface area contributed by atoms with Crippen molar-refractivity contribution in [1.29, 1.82) is 0 Å². The number of hydrogen-bond acceptors (Lipinski definition) is 3. The van der Waals surface area contributed by atoms with Crippen LogP contribution in [0.4, 0.5) is 5.69 Å². The topological polar surface area (TPSA) is 38.3 Å². The third kappa shape index (κ3) is 2.42. The number of nitrogens with one attached hydrogen (secondary N) is 1. The maximum absolute atomic E-state index is 11.4. The molecule has 0 spiro atoms. The largest absolute Gasteiger partial charge is 0.464 e. The van der Waals surface area contributed by atoms with E-state index in [0.717, 1.165) is 12.1 Å². The molecule has 1 atom stereocenters. The van der Waals surface area contributed by atoms with E-state index in [9.17, 15) is 4.79 Å². The SMILES string of the molecule is CCOC(=O)[C@H]1Cc2ccccc2N1.Cl. The Morgan fingerprint density at radius 1 is 1.53 bits per heavy atom. The molecule has 15 heavy (non-hydrogen) atoms. The van der Waals surface area contributed by atoms with Crippen molar-refractivity contribution in [3.8, 4) is 0 Å². The fourth-order valence-electron chi connectivity index (χ4n) is 1.68. The quantitative estimate of drug-likeness (QED) is 0.786. The summed E-state index contributed by atoms with van der Waals surface area (Å²) in [5, 5.41) is 3.14. The molecule has 1 heterocycles. The van der Waals surface area contributed by atoms with Gasteiger partial charge < -0.3 is 10.1 Å². The molecular weight excluding hydrogens is 214 g/mol. The van der Waals surface area contributed by atoms with Gasteiger partial charge in [-0.15, -0.1) is 12.4 Å². The average Bonchev–Trinajstić information content (AvgIpc) is 2.61. The van der Waals surface area contributed by atoms with Crippen LogP contribution in [0.25, 0.3) is 0 Å². The number of benzene rings is 1. The molecular formula is C11H14ClNO2. The molecule has 0 amide bonds. The Kier molecular flexibility index (Phi) is 3.97. The van der Waals surface area contributed by atoms with Crippen LogP contribution < -0.4 is 5.32 Å². The van der Waals surface area contributed by atoms with Crippen LogP contribution in [0, 0.1) is 0 Å². The summed E-state index contributed by atoms with van der Waals surface area (Å²) in [5.41, 5.74) is 2.23. The number of rotatable bonds is 2. The van der Waals surface area contributed by atoms with E-state index < -0.39 is 0 Å². The van der Waals surface area contributed by atoms with Gasteiger partial charge in [-0.3, -0.25) is 0 Å². The van der Waals surface area contributed by atoms with Crippen molar-refractivity contribution in [2.75, 3.05) is 11.9 Å². The average molecular weight is 228 g/mol. The smallest absolute Gasteiger partial charge is 0.328 e. The molecule has 0 fully saturated rings. The molecule has 0 unspecified atom stereocenters. The number of esters is 1. The van der Waals surface area contributed by atoms with Crippen molar-refractivity contribution in [3.63, 3.8) is 0 Å². The summed E-state index contributed by atoms with van der Waals surface area (Å²) in [4.78, 5) is 11.4. The molecule has 1 aromatic carbocycles. The van der Waals surface area contributed by atoms with Crippen LogP contribution in [0.3, 0.4) is 0 Å².